The monoisotopic (exact) mass is 283 g/mol. The molecule has 21 heavy (non-hydrogen) atoms. The summed E-state index contributed by atoms with van der Waals surface area (Å²) in [5.74, 6) is 1.03. The van der Waals surface area contributed by atoms with Crippen molar-refractivity contribution in [3.05, 3.63) is 42.5 Å². The van der Waals surface area contributed by atoms with Gasteiger partial charge in [0.2, 0.25) is 0 Å². The number of hydrogen-bond acceptors (Lipinski definition) is 2. The third-order valence-corrected chi connectivity index (χ3v) is 4.60. The topological polar surface area (TPSA) is 21.3 Å². The summed E-state index contributed by atoms with van der Waals surface area (Å²) in [6, 6.07) is 15.3. The van der Waals surface area contributed by atoms with Gasteiger partial charge in [0.1, 0.15) is 11.9 Å². The SMILES string of the molecule is CNC1CCCCCCC1Oc1cccc2ccccc12. The van der Waals surface area contributed by atoms with Gasteiger partial charge in [0.25, 0.3) is 0 Å². The van der Waals surface area contributed by atoms with Crippen molar-refractivity contribution >= 4 is 10.8 Å². The predicted molar refractivity (Wildman–Crippen MR) is 88.9 cm³/mol. The molecule has 3 rings (SSSR count). The Balaban J connectivity index is 1.85. The molecule has 0 saturated heterocycles. The number of ether oxygens (including phenoxy) is 1. The number of nitrogens with one attached hydrogen (secondary N) is 1. The molecule has 2 heteroatoms. The van der Waals surface area contributed by atoms with E-state index in [2.05, 4.69) is 54.8 Å². The summed E-state index contributed by atoms with van der Waals surface area (Å²) in [5, 5.41) is 5.94. The van der Waals surface area contributed by atoms with Gasteiger partial charge < -0.3 is 10.1 Å². The van der Waals surface area contributed by atoms with Gasteiger partial charge in [-0.3, -0.25) is 0 Å². The smallest absolute Gasteiger partial charge is 0.127 e. The Morgan fingerprint density at radius 2 is 1.67 bits per heavy atom. The average molecular weight is 283 g/mol. The lowest BCUT2D eigenvalue weighted by Crippen LogP contribution is -2.41. The molecule has 112 valence electrons. The molecule has 2 unspecified atom stereocenters. The molecule has 0 heterocycles. The molecule has 0 aromatic heterocycles. The Bertz CT molecular complexity index is 575. The molecule has 0 bridgehead atoms. The van der Waals surface area contributed by atoms with Crippen LogP contribution in [-0.4, -0.2) is 19.2 Å². The van der Waals surface area contributed by atoms with E-state index in [1.807, 2.05) is 0 Å². The van der Waals surface area contributed by atoms with Crippen molar-refractivity contribution in [3.63, 3.8) is 0 Å². The fraction of sp³-hybridized carbons (Fsp3) is 0.474. The van der Waals surface area contributed by atoms with Crippen LogP contribution in [-0.2, 0) is 0 Å². The molecule has 0 spiro atoms. The minimum absolute atomic E-state index is 0.279. The van der Waals surface area contributed by atoms with Crippen LogP contribution in [0.2, 0.25) is 0 Å². The Hall–Kier alpha value is -1.54. The maximum absolute atomic E-state index is 6.45. The van der Waals surface area contributed by atoms with E-state index < -0.39 is 0 Å². The second kappa shape index (κ2) is 6.95. The number of benzene rings is 2. The second-order valence-electron chi connectivity index (χ2n) is 6.02. The van der Waals surface area contributed by atoms with E-state index in [1.54, 1.807) is 0 Å². The fourth-order valence-corrected chi connectivity index (χ4v) is 3.38. The van der Waals surface area contributed by atoms with Gasteiger partial charge in [0.05, 0.1) is 0 Å². The van der Waals surface area contributed by atoms with Crippen molar-refractivity contribution in [1.29, 1.82) is 0 Å². The minimum atomic E-state index is 0.279. The van der Waals surface area contributed by atoms with E-state index in [-0.39, 0.29) is 6.10 Å². The summed E-state index contributed by atoms with van der Waals surface area (Å²) < 4.78 is 6.45. The zero-order chi connectivity index (χ0) is 14.5. The molecule has 2 atom stereocenters. The molecule has 0 aliphatic heterocycles. The van der Waals surface area contributed by atoms with E-state index in [9.17, 15) is 0 Å². The van der Waals surface area contributed by atoms with Crippen molar-refractivity contribution in [1.82, 2.24) is 5.32 Å². The Morgan fingerprint density at radius 1 is 0.905 bits per heavy atom. The predicted octanol–water partition coefficient (Wildman–Crippen LogP) is 4.53. The second-order valence-corrected chi connectivity index (χ2v) is 6.02. The molecule has 1 aliphatic carbocycles. The zero-order valence-electron chi connectivity index (χ0n) is 12.8. The van der Waals surface area contributed by atoms with Crippen LogP contribution in [0.25, 0.3) is 10.8 Å². The van der Waals surface area contributed by atoms with Crippen molar-refractivity contribution in [2.75, 3.05) is 7.05 Å². The zero-order valence-corrected chi connectivity index (χ0v) is 12.8. The third-order valence-electron chi connectivity index (χ3n) is 4.60. The maximum atomic E-state index is 6.45. The van der Waals surface area contributed by atoms with Crippen LogP contribution in [0.5, 0.6) is 5.75 Å². The molecule has 1 fully saturated rings. The van der Waals surface area contributed by atoms with Gasteiger partial charge in [0, 0.05) is 11.4 Å². The quantitative estimate of drug-likeness (QED) is 0.893. The van der Waals surface area contributed by atoms with Gasteiger partial charge in [-0.15, -0.1) is 0 Å². The molecule has 0 radical (unpaired) electrons. The van der Waals surface area contributed by atoms with Gasteiger partial charge in [-0.1, -0.05) is 55.7 Å². The molecule has 0 amide bonds. The summed E-state index contributed by atoms with van der Waals surface area (Å²) in [4.78, 5) is 0. The molecular formula is C19H25NO. The number of likely N-dealkylation sites (N-methyl/N-ethyl adjacent to an activating group) is 1. The van der Waals surface area contributed by atoms with Crippen molar-refractivity contribution in [2.45, 2.75) is 50.7 Å². The van der Waals surface area contributed by atoms with Crippen LogP contribution in [0.15, 0.2) is 42.5 Å². The highest BCUT2D eigenvalue weighted by Gasteiger charge is 2.23. The highest BCUT2D eigenvalue weighted by Crippen LogP contribution is 2.29. The third kappa shape index (κ3) is 3.38. The van der Waals surface area contributed by atoms with Crippen LogP contribution in [0.1, 0.15) is 38.5 Å². The number of rotatable bonds is 3. The lowest BCUT2D eigenvalue weighted by atomic mass is 9.94. The molecule has 2 aromatic rings. The Morgan fingerprint density at radius 3 is 2.52 bits per heavy atom. The molecular weight excluding hydrogens is 258 g/mol. The average Bonchev–Trinajstić information content (AvgIpc) is 2.50. The fourth-order valence-electron chi connectivity index (χ4n) is 3.38. The molecule has 2 nitrogen and oxygen atoms in total. The van der Waals surface area contributed by atoms with E-state index in [1.165, 1.54) is 42.9 Å². The summed E-state index contributed by atoms with van der Waals surface area (Å²) in [6.07, 6.45) is 7.92. The van der Waals surface area contributed by atoms with E-state index >= 15 is 0 Å². The van der Waals surface area contributed by atoms with Crippen LogP contribution < -0.4 is 10.1 Å². The van der Waals surface area contributed by atoms with E-state index in [4.69, 9.17) is 4.74 Å². The van der Waals surface area contributed by atoms with Crippen molar-refractivity contribution in [3.8, 4) is 5.75 Å². The van der Waals surface area contributed by atoms with Crippen molar-refractivity contribution in [2.24, 2.45) is 0 Å². The minimum Gasteiger partial charge on any atom is -0.488 e. The van der Waals surface area contributed by atoms with Crippen LogP contribution >= 0.6 is 0 Å². The van der Waals surface area contributed by atoms with Gasteiger partial charge in [0.15, 0.2) is 0 Å². The van der Waals surface area contributed by atoms with E-state index in [0.717, 1.165) is 12.2 Å². The molecule has 2 aromatic carbocycles. The summed E-state index contributed by atoms with van der Waals surface area (Å²) in [6.45, 7) is 0. The maximum Gasteiger partial charge on any atom is 0.127 e. The number of fused-ring (bicyclic) bond motifs is 1. The summed E-state index contributed by atoms with van der Waals surface area (Å²) >= 11 is 0. The standard InChI is InChI=1S/C19H25NO/c1-20-17-12-4-2-3-5-13-19(17)21-18-14-8-10-15-9-6-7-11-16(15)18/h6-11,14,17,19-20H,2-5,12-13H2,1H3. The van der Waals surface area contributed by atoms with E-state index in [0.29, 0.717) is 6.04 Å². The molecule has 1 saturated carbocycles. The first kappa shape index (κ1) is 14.4. The highest BCUT2D eigenvalue weighted by atomic mass is 16.5. The van der Waals surface area contributed by atoms with Crippen LogP contribution in [0.4, 0.5) is 0 Å². The van der Waals surface area contributed by atoms with Gasteiger partial charge in [-0.25, -0.2) is 0 Å². The Kier molecular flexibility index (Phi) is 4.76. The van der Waals surface area contributed by atoms with Crippen LogP contribution in [0.3, 0.4) is 0 Å². The highest BCUT2D eigenvalue weighted by molar-refractivity contribution is 5.88. The van der Waals surface area contributed by atoms with Crippen molar-refractivity contribution < 1.29 is 4.74 Å². The number of hydrogen-bond donors (Lipinski definition) is 1. The van der Waals surface area contributed by atoms with Gasteiger partial charge in [-0.2, -0.15) is 0 Å². The van der Waals surface area contributed by atoms with Gasteiger partial charge in [-0.05, 0) is 37.8 Å². The molecule has 1 N–H and O–H groups in total. The first-order valence-electron chi connectivity index (χ1n) is 8.20. The Labute approximate surface area is 127 Å². The first-order valence-corrected chi connectivity index (χ1v) is 8.20. The summed E-state index contributed by atoms with van der Waals surface area (Å²) in [5.41, 5.74) is 0. The normalized spacial score (nSPS) is 23.5. The largest absolute Gasteiger partial charge is 0.488 e. The molecule has 1 aliphatic rings. The first-order chi connectivity index (χ1) is 10.4. The lowest BCUT2D eigenvalue weighted by molar-refractivity contribution is 0.133. The summed E-state index contributed by atoms with van der Waals surface area (Å²) in [7, 11) is 2.06. The lowest BCUT2D eigenvalue weighted by Gasteiger charge is -2.30. The van der Waals surface area contributed by atoms with Crippen LogP contribution in [0, 0.1) is 0 Å². The van der Waals surface area contributed by atoms with Gasteiger partial charge >= 0.3 is 0 Å².